The largest absolute Gasteiger partial charge is 0.469 e. The highest BCUT2D eigenvalue weighted by atomic mass is 16.5. The molecule has 8 nitrogen and oxygen atoms in total. The first-order chi connectivity index (χ1) is 9.06. The summed E-state index contributed by atoms with van der Waals surface area (Å²) >= 11 is 0. The van der Waals surface area contributed by atoms with Gasteiger partial charge in [0, 0.05) is 6.20 Å². The van der Waals surface area contributed by atoms with Gasteiger partial charge >= 0.3 is 11.9 Å². The topological polar surface area (TPSA) is 95.7 Å². The van der Waals surface area contributed by atoms with E-state index < -0.39 is 11.9 Å². The van der Waals surface area contributed by atoms with E-state index in [1.807, 2.05) is 0 Å². The van der Waals surface area contributed by atoms with Gasteiger partial charge in [0.25, 0.3) is 5.78 Å². The van der Waals surface area contributed by atoms with E-state index in [1.165, 1.54) is 24.9 Å². The monoisotopic (exact) mass is 264 g/mol. The van der Waals surface area contributed by atoms with Crippen LogP contribution in [0.1, 0.15) is 21.9 Å². The van der Waals surface area contributed by atoms with Crippen LogP contribution in [0.15, 0.2) is 6.20 Å². The molecule has 2 heterocycles. The Morgan fingerprint density at radius 3 is 2.68 bits per heavy atom. The van der Waals surface area contributed by atoms with Gasteiger partial charge in [0.1, 0.15) is 11.4 Å². The fourth-order valence-corrected chi connectivity index (χ4v) is 1.64. The Balaban J connectivity index is 2.63. The van der Waals surface area contributed by atoms with Crippen LogP contribution in [-0.2, 0) is 20.7 Å². The Hall–Kier alpha value is -2.51. The molecule has 0 saturated carbocycles. The molecule has 0 aliphatic heterocycles. The van der Waals surface area contributed by atoms with Gasteiger partial charge in [-0.1, -0.05) is 0 Å². The lowest BCUT2D eigenvalue weighted by atomic mass is 10.2. The van der Waals surface area contributed by atoms with Gasteiger partial charge < -0.3 is 9.47 Å². The molecular weight excluding hydrogens is 252 g/mol. The van der Waals surface area contributed by atoms with Crippen LogP contribution in [0.2, 0.25) is 0 Å². The third kappa shape index (κ3) is 2.37. The minimum Gasteiger partial charge on any atom is -0.469 e. The van der Waals surface area contributed by atoms with Gasteiger partial charge in [-0.2, -0.15) is 9.50 Å². The third-order valence-corrected chi connectivity index (χ3v) is 2.52. The second-order valence-corrected chi connectivity index (χ2v) is 3.73. The number of fused-ring (bicyclic) bond motifs is 1. The quantitative estimate of drug-likeness (QED) is 0.716. The van der Waals surface area contributed by atoms with Gasteiger partial charge in [0.2, 0.25) is 0 Å². The molecule has 2 aromatic heterocycles. The Labute approximate surface area is 108 Å². The number of methoxy groups -OCH3 is 2. The number of esters is 2. The molecule has 8 heteroatoms. The smallest absolute Gasteiger partial charge is 0.341 e. The van der Waals surface area contributed by atoms with Crippen LogP contribution in [0.3, 0.4) is 0 Å². The molecule has 2 rings (SSSR count). The zero-order valence-corrected chi connectivity index (χ0v) is 10.7. The molecule has 0 aromatic carbocycles. The lowest BCUT2D eigenvalue weighted by Gasteiger charge is -2.07. The number of hydrogen-bond acceptors (Lipinski definition) is 7. The van der Waals surface area contributed by atoms with Gasteiger partial charge in [0.05, 0.1) is 26.3 Å². The van der Waals surface area contributed by atoms with Crippen LogP contribution in [0.5, 0.6) is 0 Å². The van der Waals surface area contributed by atoms with Crippen LogP contribution in [0.4, 0.5) is 0 Å². The molecule has 0 amide bonds. The van der Waals surface area contributed by atoms with Crippen molar-refractivity contribution in [2.75, 3.05) is 14.2 Å². The molecule has 100 valence electrons. The van der Waals surface area contributed by atoms with Gasteiger partial charge in [0.15, 0.2) is 0 Å². The lowest BCUT2D eigenvalue weighted by Crippen LogP contribution is -2.16. The number of ether oxygens (including phenoxy) is 2. The Morgan fingerprint density at radius 2 is 2.05 bits per heavy atom. The van der Waals surface area contributed by atoms with Crippen molar-refractivity contribution in [2.24, 2.45) is 0 Å². The lowest BCUT2D eigenvalue weighted by molar-refractivity contribution is -0.139. The van der Waals surface area contributed by atoms with E-state index >= 15 is 0 Å². The number of hydrogen-bond donors (Lipinski definition) is 0. The number of aryl methyl sites for hydroxylation is 1. The molecular formula is C11H12N4O4. The van der Waals surface area contributed by atoms with E-state index in [2.05, 4.69) is 24.5 Å². The van der Waals surface area contributed by atoms with Crippen LogP contribution < -0.4 is 0 Å². The summed E-state index contributed by atoms with van der Waals surface area (Å²) in [5.41, 5.74) is 0.495. The molecule has 0 N–H and O–H groups in total. The highest BCUT2D eigenvalue weighted by Gasteiger charge is 2.20. The number of nitrogens with zero attached hydrogens (tertiary/aromatic N) is 4. The van der Waals surface area contributed by atoms with Crippen molar-refractivity contribution in [1.82, 2.24) is 19.6 Å². The summed E-state index contributed by atoms with van der Waals surface area (Å²) in [6, 6.07) is 0. The first-order valence-electron chi connectivity index (χ1n) is 5.43. The van der Waals surface area contributed by atoms with Crippen molar-refractivity contribution in [1.29, 1.82) is 0 Å². The van der Waals surface area contributed by atoms with Crippen molar-refractivity contribution in [3.8, 4) is 0 Å². The van der Waals surface area contributed by atoms with E-state index in [1.54, 1.807) is 6.92 Å². The fourth-order valence-electron chi connectivity index (χ4n) is 1.64. The molecule has 0 radical (unpaired) electrons. The summed E-state index contributed by atoms with van der Waals surface area (Å²) in [5.74, 6) is -0.294. The zero-order chi connectivity index (χ0) is 14.0. The summed E-state index contributed by atoms with van der Waals surface area (Å²) in [7, 11) is 2.52. The molecule has 0 atom stereocenters. The number of rotatable bonds is 3. The molecule has 0 unspecified atom stereocenters. The Bertz CT molecular complexity index is 649. The molecule has 0 aliphatic rings. The average Bonchev–Trinajstić information content (AvgIpc) is 2.78. The summed E-state index contributed by atoms with van der Waals surface area (Å²) in [6.45, 7) is 1.69. The van der Waals surface area contributed by atoms with Gasteiger partial charge in [-0.3, -0.25) is 4.79 Å². The summed E-state index contributed by atoms with van der Waals surface area (Å²) in [5, 5.41) is 4.11. The molecule has 0 bridgehead atoms. The van der Waals surface area contributed by atoms with Crippen molar-refractivity contribution in [3.63, 3.8) is 0 Å². The Kier molecular flexibility index (Phi) is 3.41. The maximum absolute atomic E-state index is 11.7. The fraction of sp³-hybridized carbons (Fsp3) is 0.364. The van der Waals surface area contributed by atoms with Gasteiger partial charge in [-0.05, 0) is 6.92 Å². The summed E-state index contributed by atoms with van der Waals surface area (Å²) in [4.78, 5) is 31.2. The third-order valence-electron chi connectivity index (χ3n) is 2.52. The minimum absolute atomic E-state index is 0.122. The number of carbonyl (C=O) groups is 2. The second kappa shape index (κ2) is 5.01. The van der Waals surface area contributed by atoms with E-state index in [4.69, 9.17) is 0 Å². The highest BCUT2D eigenvalue weighted by molar-refractivity contribution is 5.91. The highest BCUT2D eigenvalue weighted by Crippen LogP contribution is 2.12. The maximum atomic E-state index is 11.7. The van der Waals surface area contributed by atoms with E-state index in [-0.39, 0.29) is 12.0 Å². The maximum Gasteiger partial charge on any atom is 0.341 e. The predicted octanol–water partition coefficient (Wildman–Crippen LogP) is -0.0652. The van der Waals surface area contributed by atoms with Gasteiger partial charge in [-0.25, -0.2) is 9.78 Å². The number of aromatic nitrogens is 4. The van der Waals surface area contributed by atoms with E-state index in [9.17, 15) is 9.59 Å². The van der Waals surface area contributed by atoms with Crippen LogP contribution in [-0.4, -0.2) is 45.7 Å². The summed E-state index contributed by atoms with van der Waals surface area (Å²) < 4.78 is 10.6. The first-order valence-corrected chi connectivity index (χ1v) is 5.43. The molecule has 0 spiro atoms. The summed E-state index contributed by atoms with van der Waals surface area (Å²) in [6.07, 6.45) is 1.19. The average molecular weight is 264 g/mol. The molecule has 2 aromatic rings. The van der Waals surface area contributed by atoms with Crippen molar-refractivity contribution in [2.45, 2.75) is 13.3 Å². The second-order valence-electron chi connectivity index (χ2n) is 3.73. The number of carbonyl (C=O) groups excluding carboxylic acids is 2. The first kappa shape index (κ1) is 12.9. The zero-order valence-electron chi connectivity index (χ0n) is 10.7. The van der Waals surface area contributed by atoms with Crippen LogP contribution in [0, 0.1) is 6.92 Å². The normalized spacial score (nSPS) is 10.5. The Morgan fingerprint density at radius 1 is 1.32 bits per heavy atom. The van der Waals surface area contributed by atoms with Crippen molar-refractivity contribution < 1.29 is 19.1 Å². The molecule has 0 aliphatic carbocycles. The predicted molar refractivity (Wildman–Crippen MR) is 62.6 cm³/mol. The molecule has 19 heavy (non-hydrogen) atoms. The van der Waals surface area contributed by atoms with E-state index in [0.717, 1.165) is 0 Å². The minimum atomic E-state index is -0.596. The van der Waals surface area contributed by atoms with Crippen LogP contribution >= 0.6 is 0 Å². The molecule has 0 fully saturated rings. The van der Waals surface area contributed by atoms with E-state index in [0.29, 0.717) is 17.3 Å². The van der Waals surface area contributed by atoms with Crippen molar-refractivity contribution in [3.05, 3.63) is 23.3 Å². The molecule has 0 saturated heterocycles. The van der Waals surface area contributed by atoms with Crippen molar-refractivity contribution >= 4 is 17.7 Å². The van der Waals surface area contributed by atoms with Crippen LogP contribution in [0.25, 0.3) is 5.78 Å². The van der Waals surface area contributed by atoms with Gasteiger partial charge in [-0.15, -0.1) is 5.10 Å². The SMILES string of the molecule is COC(=O)Cc1c(C(=O)OC)cnc2nc(C)nn12. The standard InChI is InChI=1S/C11H12N4O4/c1-6-13-11-12-5-7(10(17)19-3)8(15(11)14-6)4-9(16)18-2/h5H,4H2,1-3H3.